The number of imidazole rings is 1. The molecule has 0 aromatic carbocycles. The van der Waals surface area contributed by atoms with Crippen molar-refractivity contribution >= 4 is 45.7 Å². The molecule has 0 N–H and O–H groups in total. The van der Waals surface area contributed by atoms with Gasteiger partial charge in [0.1, 0.15) is 0 Å². The van der Waals surface area contributed by atoms with E-state index in [1.54, 1.807) is 0 Å². The number of aromatic nitrogens is 2. The Balaban J connectivity index is 0.000000200. The molecule has 1 saturated carbocycles. The Kier molecular flexibility index (Phi) is 9.84. The van der Waals surface area contributed by atoms with Gasteiger partial charge in [0.25, 0.3) is 0 Å². The monoisotopic (exact) mass is 684 g/mol. The van der Waals surface area contributed by atoms with Gasteiger partial charge in [-0.25, -0.2) is 0 Å². The fourth-order valence-corrected chi connectivity index (χ4v) is 4.33. The summed E-state index contributed by atoms with van der Waals surface area (Å²) in [7, 11) is 2.06. The molecular formula is C14H25I2N3Pt. The molecule has 0 unspecified atom stereocenters. The van der Waals surface area contributed by atoms with Crippen LogP contribution in [-0.4, -0.2) is 16.5 Å². The first-order valence-electron chi connectivity index (χ1n) is 7.23. The summed E-state index contributed by atoms with van der Waals surface area (Å²) in [5.74, 6) is 0. The van der Waals surface area contributed by atoms with Crippen LogP contribution in [0.5, 0.6) is 0 Å². The van der Waals surface area contributed by atoms with Crippen molar-refractivity contribution in [3.8, 4) is 0 Å². The second-order valence-electron chi connectivity index (χ2n) is 5.56. The van der Waals surface area contributed by atoms with Crippen LogP contribution in [0, 0.1) is 3.80 Å². The average Bonchev–Trinajstić information content (AvgIpc) is 2.61. The van der Waals surface area contributed by atoms with Gasteiger partial charge in [0.2, 0.25) is 0 Å². The molecule has 120 valence electrons. The number of hydrogen-bond donors (Lipinski definition) is 0. The van der Waals surface area contributed by atoms with E-state index in [0.29, 0.717) is 6.04 Å². The molecule has 1 heterocycles. The molecule has 6 heteroatoms. The Labute approximate surface area is 161 Å². The number of halogens is 2. The van der Waals surface area contributed by atoms with E-state index in [-0.39, 0.29) is 0 Å². The van der Waals surface area contributed by atoms with Crippen LogP contribution in [0.4, 0.5) is 0 Å². The Morgan fingerprint density at radius 2 is 1.70 bits per heavy atom. The molecule has 3 nitrogen and oxygen atoms in total. The molecule has 0 saturated heterocycles. The van der Waals surface area contributed by atoms with Gasteiger partial charge < -0.3 is 0 Å². The molecular weight excluding hydrogens is 659 g/mol. The molecule has 1 aliphatic carbocycles. The van der Waals surface area contributed by atoms with E-state index in [0.717, 1.165) is 6.04 Å². The van der Waals surface area contributed by atoms with Gasteiger partial charge in [-0.3, -0.25) is 0 Å². The Hall–Kier alpha value is 1.32. The summed E-state index contributed by atoms with van der Waals surface area (Å²) in [6.45, 7) is 4.37. The third kappa shape index (κ3) is 6.61. The van der Waals surface area contributed by atoms with Crippen LogP contribution >= 0.6 is 45.7 Å². The van der Waals surface area contributed by atoms with Gasteiger partial charge in [0.05, 0.1) is 0 Å². The third-order valence-electron chi connectivity index (χ3n) is 3.57. The van der Waals surface area contributed by atoms with Crippen LogP contribution in [0.15, 0.2) is 12.4 Å². The number of hydrogen-bond acceptors (Lipinski definition) is 1. The summed E-state index contributed by atoms with van der Waals surface area (Å²) in [4.78, 5) is 0. The maximum Gasteiger partial charge on any atom is 0.0311 e. The molecule has 0 atom stereocenters. The second-order valence-corrected chi connectivity index (χ2v) is 10.5. The first-order valence-corrected chi connectivity index (χ1v) is 10.3. The van der Waals surface area contributed by atoms with Gasteiger partial charge in [-0.15, -0.1) is 0 Å². The molecule has 0 amide bonds. The molecule has 0 bridgehead atoms. The summed E-state index contributed by atoms with van der Waals surface area (Å²) in [5.41, 5.74) is 0. The Morgan fingerprint density at radius 1 is 1.15 bits per heavy atom. The van der Waals surface area contributed by atoms with Crippen LogP contribution in [-0.2, 0) is 26.4 Å². The van der Waals surface area contributed by atoms with E-state index in [2.05, 4.69) is 109 Å². The van der Waals surface area contributed by atoms with E-state index >= 15 is 0 Å². The first-order chi connectivity index (χ1) is 9.43. The second kappa shape index (κ2) is 10.2. The molecule has 0 aliphatic heterocycles. The summed E-state index contributed by atoms with van der Waals surface area (Å²) in [5, 5.41) is 0. The van der Waals surface area contributed by atoms with Gasteiger partial charge in [-0.1, -0.05) is 25.7 Å². The van der Waals surface area contributed by atoms with Crippen molar-refractivity contribution in [1.82, 2.24) is 10.5 Å². The number of rotatable bonds is 2. The molecule has 1 aliphatic rings. The average molecular weight is 684 g/mol. The Bertz CT molecular complexity index is 432. The van der Waals surface area contributed by atoms with E-state index in [9.17, 15) is 0 Å². The predicted octanol–water partition coefficient (Wildman–Crippen LogP) is 5.20. The SMILES string of the molecule is CC(C)n1ccn(C)[c]1=[Pt].IN(I)C1CCCCCC1. The third-order valence-corrected chi connectivity index (χ3v) is 6.54. The molecule has 0 radical (unpaired) electrons. The van der Waals surface area contributed by atoms with Gasteiger partial charge in [0, 0.05) is 51.8 Å². The smallest absolute Gasteiger partial charge is 0.0311 e. The summed E-state index contributed by atoms with van der Waals surface area (Å²) in [6, 6.07) is 1.41. The van der Waals surface area contributed by atoms with Gasteiger partial charge in [0.15, 0.2) is 0 Å². The molecule has 1 aromatic rings. The van der Waals surface area contributed by atoms with Crippen LogP contribution in [0.25, 0.3) is 0 Å². The molecule has 20 heavy (non-hydrogen) atoms. The molecule has 2 rings (SSSR count). The van der Waals surface area contributed by atoms with E-state index in [4.69, 9.17) is 0 Å². The predicted molar refractivity (Wildman–Crippen MR) is 98.4 cm³/mol. The van der Waals surface area contributed by atoms with Crippen LogP contribution in [0.3, 0.4) is 0 Å². The van der Waals surface area contributed by atoms with Crippen molar-refractivity contribution in [3.05, 3.63) is 16.2 Å². The van der Waals surface area contributed by atoms with Crippen molar-refractivity contribution in [3.63, 3.8) is 0 Å². The fourth-order valence-electron chi connectivity index (χ4n) is 2.29. The number of nitrogens with zero attached hydrogens (tertiary/aromatic N) is 3. The minimum absolute atomic E-state index is 0.564. The van der Waals surface area contributed by atoms with E-state index in [1.807, 2.05) is 0 Å². The quantitative estimate of drug-likeness (QED) is 0.238. The standard InChI is InChI=1S/C7H13I2N.C7H12N2.Pt/c8-10(9)7-5-3-1-2-4-6-7;1-7(2)9-5-4-8(3)6-9;/h7H,1-6H2;4-5,7H,1-3H3;. The zero-order valence-corrected chi connectivity index (χ0v) is 19.1. The van der Waals surface area contributed by atoms with Crippen molar-refractivity contribution in [2.45, 2.75) is 64.5 Å². The summed E-state index contributed by atoms with van der Waals surface area (Å²) >= 11 is 7.12. The normalized spacial score (nSPS) is 17.1. The van der Waals surface area contributed by atoms with Crippen molar-refractivity contribution < 1.29 is 19.4 Å². The Morgan fingerprint density at radius 3 is 2.00 bits per heavy atom. The van der Waals surface area contributed by atoms with Gasteiger partial charge in [-0.05, 0) is 12.8 Å². The first kappa shape index (κ1) is 19.4. The summed E-state index contributed by atoms with van der Waals surface area (Å²) in [6.07, 6.45) is 12.8. The van der Waals surface area contributed by atoms with E-state index < -0.39 is 0 Å². The zero-order valence-electron chi connectivity index (χ0n) is 12.5. The summed E-state index contributed by atoms with van der Waals surface area (Å²) < 4.78 is 7.94. The molecule has 0 spiro atoms. The van der Waals surface area contributed by atoms with Crippen LogP contribution in [0.1, 0.15) is 58.4 Å². The fraction of sp³-hybridized carbons (Fsp3) is 0.786. The molecule has 1 fully saturated rings. The van der Waals surface area contributed by atoms with Crippen molar-refractivity contribution in [1.29, 1.82) is 0 Å². The van der Waals surface area contributed by atoms with Gasteiger partial charge >= 0.3 is 71.6 Å². The van der Waals surface area contributed by atoms with Crippen molar-refractivity contribution in [2.24, 2.45) is 7.05 Å². The van der Waals surface area contributed by atoms with Crippen LogP contribution in [0.2, 0.25) is 0 Å². The maximum atomic E-state index is 2.40. The zero-order chi connectivity index (χ0) is 15.1. The largest absolute Gasteiger partial charge is 0.185 e. The van der Waals surface area contributed by atoms with E-state index in [1.165, 1.54) is 42.3 Å². The molecule has 1 aromatic heterocycles. The topological polar surface area (TPSA) is 13.1 Å². The van der Waals surface area contributed by atoms with Crippen molar-refractivity contribution in [2.75, 3.05) is 0 Å². The maximum absolute atomic E-state index is 2.40. The minimum Gasteiger partial charge on any atom is -0.185 e. The minimum atomic E-state index is 0.564. The van der Waals surface area contributed by atoms with Gasteiger partial charge in [-0.2, -0.15) is 1.33 Å². The van der Waals surface area contributed by atoms with Crippen LogP contribution < -0.4 is 0 Å². The number of aryl methyl sites for hydroxylation is 1.